The highest BCUT2D eigenvalue weighted by atomic mass is 16.5. The molecule has 1 heterocycles. The fourth-order valence-corrected chi connectivity index (χ4v) is 2.31. The zero-order chi connectivity index (χ0) is 15.2. The number of carboxylic acid groups (broad SMARTS) is 1. The lowest BCUT2D eigenvalue weighted by atomic mass is 10.0. The zero-order valence-electron chi connectivity index (χ0n) is 12.0. The van der Waals surface area contributed by atoms with Crippen LogP contribution >= 0.6 is 0 Å². The molecule has 0 saturated carbocycles. The Kier molecular flexibility index (Phi) is 4.98. The summed E-state index contributed by atoms with van der Waals surface area (Å²) in [5.41, 5.74) is 2.55. The molecule has 2 rings (SSSR count). The largest absolute Gasteiger partial charge is 0.481 e. The van der Waals surface area contributed by atoms with Crippen molar-refractivity contribution in [2.75, 3.05) is 6.61 Å². The molecule has 0 atom stereocenters. The molecule has 112 valence electrons. The number of aromatic nitrogens is 1. The van der Waals surface area contributed by atoms with Crippen molar-refractivity contribution in [2.24, 2.45) is 0 Å². The summed E-state index contributed by atoms with van der Waals surface area (Å²) in [4.78, 5) is 25.8. The van der Waals surface area contributed by atoms with Gasteiger partial charge in [-0.15, -0.1) is 0 Å². The Balaban J connectivity index is 2.26. The second-order valence-corrected chi connectivity index (χ2v) is 4.92. The summed E-state index contributed by atoms with van der Waals surface area (Å²) in [6.07, 6.45) is 1.36. The minimum atomic E-state index is -0.854. The lowest BCUT2D eigenvalue weighted by Gasteiger charge is -2.05. The number of aromatic amines is 1. The van der Waals surface area contributed by atoms with Gasteiger partial charge in [0.1, 0.15) is 0 Å². The summed E-state index contributed by atoms with van der Waals surface area (Å²) in [5, 5.41) is 9.78. The van der Waals surface area contributed by atoms with Crippen molar-refractivity contribution in [1.29, 1.82) is 0 Å². The van der Waals surface area contributed by atoms with Crippen LogP contribution in [0.15, 0.2) is 24.3 Å². The first kappa shape index (κ1) is 15.1. The van der Waals surface area contributed by atoms with E-state index < -0.39 is 5.97 Å². The van der Waals surface area contributed by atoms with Gasteiger partial charge >= 0.3 is 11.9 Å². The van der Waals surface area contributed by atoms with Crippen LogP contribution in [0.2, 0.25) is 0 Å². The highest BCUT2D eigenvalue weighted by Crippen LogP contribution is 2.24. The first-order chi connectivity index (χ1) is 10.1. The van der Waals surface area contributed by atoms with Crippen LogP contribution in [0, 0.1) is 0 Å². The zero-order valence-corrected chi connectivity index (χ0v) is 12.0. The van der Waals surface area contributed by atoms with Crippen LogP contribution in [0.25, 0.3) is 10.9 Å². The molecule has 0 bridgehead atoms. The molecule has 0 aliphatic rings. The van der Waals surface area contributed by atoms with E-state index >= 15 is 0 Å². The monoisotopic (exact) mass is 289 g/mol. The molecular weight excluding hydrogens is 270 g/mol. The standard InChI is InChI=1S/C16H19NO4/c1-2-9-21-16(20)10-12-11-5-3-4-6-13(11)17-14(12)7-8-15(18)19/h3-6,17H,2,7-10H2,1H3,(H,18,19). The summed E-state index contributed by atoms with van der Waals surface area (Å²) in [7, 11) is 0. The van der Waals surface area contributed by atoms with E-state index in [1.165, 1.54) is 0 Å². The highest BCUT2D eigenvalue weighted by molar-refractivity contribution is 5.88. The van der Waals surface area contributed by atoms with Crippen LogP contribution in [0.3, 0.4) is 0 Å². The summed E-state index contributed by atoms with van der Waals surface area (Å²) in [6.45, 7) is 2.35. The van der Waals surface area contributed by atoms with Crippen molar-refractivity contribution in [3.8, 4) is 0 Å². The molecule has 0 spiro atoms. The Morgan fingerprint density at radius 2 is 2.05 bits per heavy atom. The van der Waals surface area contributed by atoms with Crippen LogP contribution in [0.4, 0.5) is 0 Å². The summed E-state index contributed by atoms with van der Waals surface area (Å²) >= 11 is 0. The van der Waals surface area contributed by atoms with E-state index in [1.807, 2.05) is 31.2 Å². The number of H-pyrrole nitrogens is 1. The fraction of sp³-hybridized carbons (Fsp3) is 0.375. The van der Waals surface area contributed by atoms with Gasteiger partial charge in [-0.25, -0.2) is 0 Å². The van der Waals surface area contributed by atoms with Gasteiger partial charge in [0.2, 0.25) is 0 Å². The van der Waals surface area contributed by atoms with Gasteiger partial charge in [0.25, 0.3) is 0 Å². The molecule has 21 heavy (non-hydrogen) atoms. The number of ether oxygens (including phenoxy) is 1. The molecule has 0 amide bonds. The van der Waals surface area contributed by atoms with E-state index in [0.29, 0.717) is 13.0 Å². The van der Waals surface area contributed by atoms with E-state index in [2.05, 4.69) is 4.98 Å². The maximum Gasteiger partial charge on any atom is 0.310 e. The topological polar surface area (TPSA) is 79.4 Å². The molecule has 1 aromatic carbocycles. The number of rotatable bonds is 7. The number of hydrogen-bond donors (Lipinski definition) is 2. The minimum absolute atomic E-state index is 0.0316. The summed E-state index contributed by atoms with van der Waals surface area (Å²) < 4.78 is 5.12. The number of benzene rings is 1. The van der Waals surface area contributed by atoms with Crippen LogP contribution in [0.1, 0.15) is 31.0 Å². The second-order valence-electron chi connectivity index (χ2n) is 4.92. The normalized spacial score (nSPS) is 10.7. The molecule has 2 N–H and O–H groups in total. The fourth-order valence-electron chi connectivity index (χ4n) is 2.31. The predicted molar refractivity (Wildman–Crippen MR) is 79.2 cm³/mol. The third-order valence-electron chi connectivity index (χ3n) is 3.28. The summed E-state index contributed by atoms with van der Waals surface area (Å²) in [5.74, 6) is -1.13. The Hall–Kier alpha value is -2.30. The Morgan fingerprint density at radius 1 is 1.29 bits per heavy atom. The number of carbonyl (C=O) groups is 2. The maximum absolute atomic E-state index is 11.9. The van der Waals surface area contributed by atoms with Gasteiger partial charge in [-0.2, -0.15) is 0 Å². The third-order valence-corrected chi connectivity index (χ3v) is 3.28. The number of para-hydroxylation sites is 1. The molecule has 0 aliphatic carbocycles. The van der Waals surface area contributed by atoms with Crippen molar-refractivity contribution >= 4 is 22.8 Å². The Labute approximate surface area is 122 Å². The first-order valence-electron chi connectivity index (χ1n) is 7.07. The van der Waals surface area contributed by atoms with Gasteiger partial charge in [0, 0.05) is 16.6 Å². The first-order valence-corrected chi connectivity index (χ1v) is 7.07. The number of fused-ring (bicyclic) bond motifs is 1. The average Bonchev–Trinajstić information content (AvgIpc) is 2.81. The van der Waals surface area contributed by atoms with Crippen LogP contribution in [-0.2, 0) is 27.2 Å². The van der Waals surface area contributed by atoms with Gasteiger partial charge in [0.15, 0.2) is 0 Å². The van der Waals surface area contributed by atoms with E-state index in [1.54, 1.807) is 0 Å². The Morgan fingerprint density at radius 3 is 2.76 bits per heavy atom. The predicted octanol–water partition coefficient (Wildman–Crippen LogP) is 2.68. The molecule has 1 aromatic heterocycles. The third kappa shape index (κ3) is 3.84. The van der Waals surface area contributed by atoms with E-state index in [-0.39, 0.29) is 18.8 Å². The smallest absolute Gasteiger partial charge is 0.310 e. The van der Waals surface area contributed by atoms with Gasteiger partial charge in [-0.05, 0) is 24.5 Å². The molecule has 0 aliphatic heterocycles. The number of hydrogen-bond acceptors (Lipinski definition) is 3. The molecule has 0 fully saturated rings. The van der Waals surface area contributed by atoms with Crippen molar-refractivity contribution < 1.29 is 19.4 Å². The number of carboxylic acids is 1. The highest BCUT2D eigenvalue weighted by Gasteiger charge is 2.16. The Bertz CT molecular complexity index is 645. The molecule has 0 radical (unpaired) electrons. The van der Waals surface area contributed by atoms with Crippen LogP contribution in [-0.4, -0.2) is 28.6 Å². The number of esters is 1. The number of aryl methyl sites for hydroxylation is 1. The van der Waals surface area contributed by atoms with Crippen LogP contribution in [0.5, 0.6) is 0 Å². The van der Waals surface area contributed by atoms with Crippen LogP contribution < -0.4 is 0 Å². The lowest BCUT2D eigenvalue weighted by molar-refractivity contribution is -0.142. The van der Waals surface area contributed by atoms with Crippen molar-refractivity contribution in [2.45, 2.75) is 32.6 Å². The molecule has 0 unspecified atom stereocenters. The minimum Gasteiger partial charge on any atom is -0.481 e. The SMILES string of the molecule is CCCOC(=O)Cc1c(CCC(=O)O)[nH]c2ccccc12. The van der Waals surface area contributed by atoms with E-state index in [0.717, 1.165) is 28.6 Å². The number of nitrogens with one attached hydrogen (secondary N) is 1. The molecule has 2 aromatic rings. The van der Waals surface area contributed by atoms with E-state index in [9.17, 15) is 9.59 Å². The van der Waals surface area contributed by atoms with Gasteiger partial charge in [0.05, 0.1) is 19.4 Å². The van der Waals surface area contributed by atoms with Gasteiger partial charge < -0.3 is 14.8 Å². The van der Waals surface area contributed by atoms with Crippen molar-refractivity contribution in [1.82, 2.24) is 4.98 Å². The van der Waals surface area contributed by atoms with Crippen molar-refractivity contribution in [3.05, 3.63) is 35.5 Å². The molecule has 5 nitrogen and oxygen atoms in total. The van der Waals surface area contributed by atoms with Crippen molar-refractivity contribution in [3.63, 3.8) is 0 Å². The van der Waals surface area contributed by atoms with Gasteiger partial charge in [-0.1, -0.05) is 25.1 Å². The molecule has 5 heteroatoms. The maximum atomic E-state index is 11.9. The average molecular weight is 289 g/mol. The lowest BCUT2D eigenvalue weighted by Crippen LogP contribution is -2.10. The number of carbonyl (C=O) groups excluding carboxylic acids is 1. The molecule has 0 saturated heterocycles. The molecular formula is C16H19NO4. The van der Waals surface area contributed by atoms with Gasteiger partial charge in [-0.3, -0.25) is 9.59 Å². The number of aliphatic carboxylic acids is 1. The quantitative estimate of drug-likeness (QED) is 0.768. The van der Waals surface area contributed by atoms with E-state index in [4.69, 9.17) is 9.84 Å². The summed E-state index contributed by atoms with van der Waals surface area (Å²) in [6, 6.07) is 7.65. The second kappa shape index (κ2) is 6.92.